The number of carboxylic acids is 1. The molecular weight excluding hydrogens is 182 g/mol. The highest BCUT2D eigenvalue weighted by Gasteiger charge is 2.11. The van der Waals surface area contributed by atoms with Crippen LogP contribution in [-0.2, 0) is 4.79 Å². The Labute approximate surface area is 85.3 Å². The molecule has 1 unspecified atom stereocenters. The van der Waals surface area contributed by atoms with Crippen LogP contribution in [0.25, 0.3) is 0 Å². The molecule has 84 valence electrons. The van der Waals surface area contributed by atoms with Crippen LogP contribution < -0.4 is 11.1 Å². The summed E-state index contributed by atoms with van der Waals surface area (Å²) in [5.41, 5.74) is 4.85. The Morgan fingerprint density at radius 3 is 2.57 bits per heavy atom. The zero-order valence-corrected chi connectivity index (χ0v) is 8.99. The molecular formula is C9H21N3O2. The van der Waals surface area contributed by atoms with Crippen molar-refractivity contribution in [3.63, 3.8) is 0 Å². The fraction of sp³-hybridized carbons (Fsp3) is 0.889. The standard InChI is InChI=1S/C6H14N2.C3H7NO2/c1-6-5-7-3-4-8(6)2;4-2-1-3(5)6/h6-7H,3-5H2,1-2H3;1-2,4H2,(H,5,6). The molecule has 1 aliphatic heterocycles. The minimum absolute atomic E-state index is 0.0694. The summed E-state index contributed by atoms with van der Waals surface area (Å²) in [4.78, 5) is 11.9. The number of hydrogen-bond donors (Lipinski definition) is 3. The minimum atomic E-state index is -0.836. The molecule has 1 atom stereocenters. The number of nitrogens with zero attached hydrogens (tertiary/aromatic N) is 1. The Morgan fingerprint density at radius 2 is 2.36 bits per heavy atom. The van der Waals surface area contributed by atoms with Crippen molar-refractivity contribution in [2.75, 3.05) is 33.2 Å². The zero-order chi connectivity index (χ0) is 11.0. The van der Waals surface area contributed by atoms with Crippen LogP contribution >= 0.6 is 0 Å². The van der Waals surface area contributed by atoms with Crippen LogP contribution in [0, 0.1) is 0 Å². The molecule has 1 aliphatic rings. The third kappa shape index (κ3) is 6.82. The fourth-order valence-corrected chi connectivity index (χ4v) is 1.07. The Kier molecular flexibility index (Phi) is 7.37. The number of carbonyl (C=O) groups is 1. The van der Waals surface area contributed by atoms with Crippen molar-refractivity contribution < 1.29 is 9.90 Å². The predicted molar refractivity (Wildman–Crippen MR) is 56.3 cm³/mol. The lowest BCUT2D eigenvalue weighted by Gasteiger charge is -2.29. The number of hydrogen-bond acceptors (Lipinski definition) is 4. The normalized spacial score (nSPS) is 22.4. The maximum Gasteiger partial charge on any atom is 0.304 e. The van der Waals surface area contributed by atoms with Crippen molar-refractivity contribution in [1.29, 1.82) is 0 Å². The zero-order valence-electron chi connectivity index (χ0n) is 8.99. The van der Waals surface area contributed by atoms with E-state index in [0.29, 0.717) is 0 Å². The van der Waals surface area contributed by atoms with Crippen molar-refractivity contribution >= 4 is 5.97 Å². The largest absolute Gasteiger partial charge is 0.481 e. The van der Waals surface area contributed by atoms with Gasteiger partial charge in [0, 0.05) is 32.2 Å². The van der Waals surface area contributed by atoms with Gasteiger partial charge >= 0.3 is 5.97 Å². The summed E-state index contributed by atoms with van der Waals surface area (Å²) in [5, 5.41) is 11.2. The summed E-state index contributed by atoms with van der Waals surface area (Å²) in [6.45, 7) is 5.97. The predicted octanol–water partition coefficient (Wildman–Crippen LogP) is -0.670. The lowest BCUT2D eigenvalue weighted by Crippen LogP contribution is -2.47. The monoisotopic (exact) mass is 203 g/mol. The summed E-state index contributed by atoms with van der Waals surface area (Å²) in [7, 11) is 2.17. The van der Waals surface area contributed by atoms with Gasteiger partial charge < -0.3 is 21.1 Å². The lowest BCUT2D eigenvalue weighted by atomic mass is 10.2. The molecule has 1 saturated heterocycles. The van der Waals surface area contributed by atoms with Gasteiger partial charge in [0.25, 0.3) is 0 Å². The maximum absolute atomic E-state index is 9.52. The number of piperazine rings is 1. The van der Waals surface area contributed by atoms with Crippen molar-refractivity contribution in [2.45, 2.75) is 19.4 Å². The first-order chi connectivity index (χ1) is 6.57. The molecule has 0 saturated carbocycles. The van der Waals surface area contributed by atoms with E-state index in [4.69, 9.17) is 10.8 Å². The first kappa shape index (κ1) is 13.4. The number of aliphatic carboxylic acids is 1. The first-order valence-electron chi connectivity index (χ1n) is 4.90. The molecule has 1 rings (SSSR count). The molecule has 1 heterocycles. The summed E-state index contributed by atoms with van der Waals surface area (Å²) in [5.74, 6) is -0.836. The summed E-state index contributed by atoms with van der Waals surface area (Å²) in [6, 6.07) is 0.726. The van der Waals surface area contributed by atoms with Crippen LogP contribution in [0.5, 0.6) is 0 Å². The molecule has 0 aromatic carbocycles. The van der Waals surface area contributed by atoms with Crippen molar-refractivity contribution in [2.24, 2.45) is 5.73 Å². The van der Waals surface area contributed by atoms with E-state index >= 15 is 0 Å². The second kappa shape index (κ2) is 7.73. The lowest BCUT2D eigenvalue weighted by molar-refractivity contribution is -0.136. The van der Waals surface area contributed by atoms with E-state index in [0.717, 1.165) is 19.1 Å². The van der Waals surface area contributed by atoms with Gasteiger partial charge in [-0.2, -0.15) is 0 Å². The number of nitrogens with two attached hydrogens (primary N) is 1. The summed E-state index contributed by atoms with van der Waals surface area (Å²) < 4.78 is 0. The molecule has 0 amide bonds. The number of nitrogens with one attached hydrogen (secondary N) is 1. The van der Waals surface area contributed by atoms with Crippen LogP contribution in [0.2, 0.25) is 0 Å². The molecule has 1 fully saturated rings. The van der Waals surface area contributed by atoms with Crippen LogP contribution in [0.4, 0.5) is 0 Å². The molecule has 5 heteroatoms. The first-order valence-corrected chi connectivity index (χ1v) is 4.90. The Bertz CT molecular complexity index is 154. The molecule has 0 radical (unpaired) electrons. The van der Waals surface area contributed by atoms with Gasteiger partial charge in [0.1, 0.15) is 0 Å². The highest BCUT2D eigenvalue weighted by Crippen LogP contribution is 1.95. The Balaban J connectivity index is 0.000000255. The molecule has 0 aromatic heterocycles. The average Bonchev–Trinajstić information content (AvgIpc) is 2.11. The number of rotatable bonds is 2. The van der Waals surface area contributed by atoms with Crippen LogP contribution in [0.3, 0.4) is 0 Å². The summed E-state index contributed by atoms with van der Waals surface area (Å²) in [6.07, 6.45) is 0.0694. The van der Waals surface area contributed by atoms with Gasteiger partial charge in [-0.05, 0) is 14.0 Å². The average molecular weight is 203 g/mol. The van der Waals surface area contributed by atoms with E-state index in [1.807, 2.05) is 0 Å². The van der Waals surface area contributed by atoms with E-state index in [9.17, 15) is 4.79 Å². The van der Waals surface area contributed by atoms with Gasteiger partial charge in [0.2, 0.25) is 0 Å². The van der Waals surface area contributed by atoms with E-state index in [2.05, 4.69) is 24.2 Å². The second-order valence-corrected chi connectivity index (χ2v) is 3.47. The Hall–Kier alpha value is -0.650. The van der Waals surface area contributed by atoms with Gasteiger partial charge in [0.15, 0.2) is 0 Å². The minimum Gasteiger partial charge on any atom is -0.481 e. The molecule has 0 aromatic rings. The van der Waals surface area contributed by atoms with Gasteiger partial charge in [-0.25, -0.2) is 0 Å². The van der Waals surface area contributed by atoms with E-state index in [-0.39, 0.29) is 13.0 Å². The topological polar surface area (TPSA) is 78.6 Å². The number of carboxylic acid groups (broad SMARTS) is 1. The highest BCUT2D eigenvalue weighted by atomic mass is 16.4. The fourth-order valence-electron chi connectivity index (χ4n) is 1.07. The quantitative estimate of drug-likeness (QED) is 0.555. The van der Waals surface area contributed by atoms with E-state index in [1.54, 1.807) is 0 Å². The molecule has 4 N–H and O–H groups in total. The molecule has 0 bridgehead atoms. The molecule has 14 heavy (non-hydrogen) atoms. The molecule has 0 aliphatic carbocycles. The smallest absolute Gasteiger partial charge is 0.304 e. The highest BCUT2D eigenvalue weighted by molar-refractivity contribution is 5.66. The van der Waals surface area contributed by atoms with Crippen molar-refractivity contribution in [3.8, 4) is 0 Å². The van der Waals surface area contributed by atoms with Crippen molar-refractivity contribution in [3.05, 3.63) is 0 Å². The third-order valence-electron chi connectivity index (χ3n) is 2.19. The van der Waals surface area contributed by atoms with Gasteiger partial charge in [-0.1, -0.05) is 0 Å². The third-order valence-corrected chi connectivity index (χ3v) is 2.19. The van der Waals surface area contributed by atoms with Crippen LogP contribution in [-0.4, -0.2) is 55.2 Å². The van der Waals surface area contributed by atoms with E-state index in [1.165, 1.54) is 6.54 Å². The van der Waals surface area contributed by atoms with Crippen LogP contribution in [0.1, 0.15) is 13.3 Å². The number of likely N-dealkylation sites (N-methyl/N-ethyl adjacent to an activating group) is 1. The van der Waals surface area contributed by atoms with Gasteiger partial charge in [-0.3, -0.25) is 4.79 Å². The molecule has 5 nitrogen and oxygen atoms in total. The maximum atomic E-state index is 9.52. The SMILES string of the molecule is CC1CNCCN1C.NCCC(=O)O. The molecule has 0 spiro atoms. The Morgan fingerprint density at radius 1 is 1.71 bits per heavy atom. The second-order valence-electron chi connectivity index (χ2n) is 3.47. The van der Waals surface area contributed by atoms with Gasteiger partial charge in [-0.15, -0.1) is 0 Å². The van der Waals surface area contributed by atoms with Crippen molar-refractivity contribution in [1.82, 2.24) is 10.2 Å². The summed E-state index contributed by atoms with van der Waals surface area (Å²) >= 11 is 0. The van der Waals surface area contributed by atoms with Gasteiger partial charge in [0.05, 0.1) is 6.42 Å². The van der Waals surface area contributed by atoms with Crippen LogP contribution in [0.15, 0.2) is 0 Å². The van der Waals surface area contributed by atoms with E-state index < -0.39 is 5.97 Å².